The van der Waals surface area contributed by atoms with Crippen LogP contribution in [0.4, 0.5) is 0 Å². The smallest absolute Gasteiger partial charge is 0.344 e. The fourth-order valence-electron chi connectivity index (χ4n) is 2.69. The predicted molar refractivity (Wildman–Crippen MR) is 114 cm³/mol. The van der Waals surface area contributed by atoms with Crippen molar-refractivity contribution in [1.29, 1.82) is 0 Å². The number of fused-ring (bicyclic) bond motifs is 1. The Kier molecular flexibility index (Phi) is 7.00. The number of carbonyl (C=O) groups is 2. The molecule has 3 rings (SSSR count). The van der Waals surface area contributed by atoms with E-state index in [9.17, 15) is 9.59 Å². The Morgan fingerprint density at radius 2 is 1.90 bits per heavy atom. The van der Waals surface area contributed by atoms with Gasteiger partial charge in [-0.2, -0.15) is 5.10 Å². The number of benzene rings is 2. The second-order valence-electron chi connectivity index (χ2n) is 6.39. The van der Waals surface area contributed by atoms with Gasteiger partial charge in [-0.1, -0.05) is 24.3 Å². The summed E-state index contributed by atoms with van der Waals surface area (Å²) in [5.74, 6) is -0.565. The SMILES string of the molecule is COc1cccc(/C=N\NC(=O)COc2cccc3cccnc23)c1O[C@@H](C)C(=O)O. The average Bonchev–Trinajstić information content (AvgIpc) is 2.78. The number of carboxylic acids is 1. The monoisotopic (exact) mass is 423 g/mol. The second-order valence-corrected chi connectivity index (χ2v) is 6.39. The maximum atomic E-state index is 12.1. The number of hydrogen-bond acceptors (Lipinski definition) is 7. The summed E-state index contributed by atoms with van der Waals surface area (Å²) in [7, 11) is 1.44. The lowest BCUT2D eigenvalue weighted by Crippen LogP contribution is -2.25. The van der Waals surface area contributed by atoms with E-state index in [-0.39, 0.29) is 12.4 Å². The summed E-state index contributed by atoms with van der Waals surface area (Å²) in [6, 6.07) is 14.1. The van der Waals surface area contributed by atoms with Gasteiger partial charge in [-0.25, -0.2) is 10.2 Å². The average molecular weight is 423 g/mol. The largest absolute Gasteiger partial charge is 0.493 e. The number of carbonyl (C=O) groups excluding carboxylic acids is 1. The number of hydrogen-bond donors (Lipinski definition) is 2. The Morgan fingerprint density at radius 3 is 2.68 bits per heavy atom. The molecule has 1 atom stereocenters. The zero-order valence-corrected chi connectivity index (χ0v) is 16.9. The highest BCUT2D eigenvalue weighted by molar-refractivity contribution is 5.87. The van der Waals surface area contributed by atoms with E-state index >= 15 is 0 Å². The van der Waals surface area contributed by atoms with Gasteiger partial charge in [0.05, 0.1) is 13.3 Å². The van der Waals surface area contributed by atoms with Gasteiger partial charge in [0.15, 0.2) is 24.2 Å². The highest BCUT2D eigenvalue weighted by Crippen LogP contribution is 2.31. The molecule has 2 aromatic carbocycles. The fourth-order valence-corrected chi connectivity index (χ4v) is 2.69. The molecule has 9 heteroatoms. The number of nitrogens with zero attached hydrogens (tertiary/aromatic N) is 2. The third-order valence-corrected chi connectivity index (χ3v) is 4.22. The van der Waals surface area contributed by atoms with Crippen molar-refractivity contribution < 1.29 is 28.9 Å². The van der Waals surface area contributed by atoms with Gasteiger partial charge in [0.25, 0.3) is 5.91 Å². The van der Waals surface area contributed by atoms with Gasteiger partial charge in [0, 0.05) is 17.1 Å². The van der Waals surface area contributed by atoms with Crippen LogP contribution in [-0.4, -0.2) is 48.0 Å². The molecule has 0 saturated heterocycles. The lowest BCUT2D eigenvalue weighted by atomic mass is 10.2. The molecule has 1 amide bonds. The van der Waals surface area contributed by atoms with Crippen LogP contribution in [0.3, 0.4) is 0 Å². The van der Waals surface area contributed by atoms with Gasteiger partial charge in [-0.3, -0.25) is 9.78 Å². The topological polar surface area (TPSA) is 119 Å². The lowest BCUT2D eigenvalue weighted by Gasteiger charge is -2.15. The number of methoxy groups -OCH3 is 1. The number of aliphatic carboxylic acids is 1. The molecular weight excluding hydrogens is 402 g/mol. The van der Waals surface area contributed by atoms with Gasteiger partial charge in [-0.05, 0) is 31.2 Å². The number of ether oxygens (including phenoxy) is 3. The number of aromatic nitrogens is 1. The van der Waals surface area contributed by atoms with Crippen molar-refractivity contribution in [3.8, 4) is 17.2 Å². The number of rotatable bonds is 9. The van der Waals surface area contributed by atoms with Gasteiger partial charge >= 0.3 is 5.97 Å². The van der Waals surface area contributed by atoms with E-state index in [0.29, 0.717) is 22.6 Å². The molecule has 160 valence electrons. The molecule has 31 heavy (non-hydrogen) atoms. The number of para-hydroxylation sites is 2. The number of amides is 1. The third kappa shape index (κ3) is 5.47. The van der Waals surface area contributed by atoms with Crippen molar-refractivity contribution in [2.75, 3.05) is 13.7 Å². The molecule has 0 bridgehead atoms. The first kappa shape index (κ1) is 21.6. The van der Waals surface area contributed by atoms with Crippen LogP contribution in [0.2, 0.25) is 0 Å². The van der Waals surface area contributed by atoms with Gasteiger partial charge in [0.1, 0.15) is 11.3 Å². The van der Waals surface area contributed by atoms with Crippen molar-refractivity contribution >= 4 is 29.0 Å². The van der Waals surface area contributed by atoms with Crippen LogP contribution < -0.4 is 19.6 Å². The molecule has 1 aromatic heterocycles. The maximum absolute atomic E-state index is 12.1. The molecule has 2 N–H and O–H groups in total. The minimum Gasteiger partial charge on any atom is -0.493 e. The standard InChI is InChI=1S/C22H21N3O6/c1-14(22(27)28)31-21-16(7-4-10-18(21)29-2)12-24-25-19(26)13-30-17-9-3-6-15-8-5-11-23-20(15)17/h3-12,14H,13H2,1-2H3,(H,25,26)(H,27,28)/b24-12-/t14-/m0/s1. The lowest BCUT2D eigenvalue weighted by molar-refractivity contribution is -0.144. The van der Waals surface area contributed by atoms with E-state index in [2.05, 4.69) is 15.5 Å². The van der Waals surface area contributed by atoms with Crippen LogP contribution in [0.25, 0.3) is 10.9 Å². The Hall–Kier alpha value is -4.14. The van der Waals surface area contributed by atoms with Gasteiger partial charge in [-0.15, -0.1) is 0 Å². The van der Waals surface area contributed by atoms with E-state index in [1.807, 2.05) is 24.3 Å². The van der Waals surface area contributed by atoms with Crippen molar-refractivity contribution in [3.63, 3.8) is 0 Å². The van der Waals surface area contributed by atoms with Crippen LogP contribution in [0.15, 0.2) is 59.8 Å². The van der Waals surface area contributed by atoms with E-state index in [1.54, 1.807) is 30.5 Å². The van der Waals surface area contributed by atoms with Gasteiger partial charge in [0.2, 0.25) is 0 Å². The number of carboxylic acid groups (broad SMARTS) is 1. The van der Waals surface area contributed by atoms with Crippen LogP contribution in [0, 0.1) is 0 Å². The predicted octanol–water partition coefficient (Wildman–Crippen LogP) is 2.62. The molecule has 9 nitrogen and oxygen atoms in total. The van der Waals surface area contributed by atoms with Crippen molar-refractivity contribution in [2.24, 2.45) is 5.10 Å². The molecule has 0 radical (unpaired) electrons. The van der Waals surface area contributed by atoms with Crippen LogP contribution >= 0.6 is 0 Å². The Labute approximate surface area is 178 Å². The molecule has 0 aliphatic heterocycles. The maximum Gasteiger partial charge on any atom is 0.344 e. The second kappa shape index (κ2) is 10.1. The first-order valence-electron chi connectivity index (χ1n) is 9.34. The molecule has 0 saturated carbocycles. The van der Waals surface area contributed by atoms with Crippen molar-refractivity contribution in [2.45, 2.75) is 13.0 Å². The summed E-state index contributed by atoms with van der Waals surface area (Å²) < 4.78 is 16.3. The minimum absolute atomic E-state index is 0.205. The number of nitrogens with one attached hydrogen (secondary N) is 1. The van der Waals surface area contributed by atoms with Crippen molar-refractivity contribution in [1.82, 2.24) is 10.4 Å². The first-order valence-corrected chi connectivity index (χ1v) is 9.34. The fraction of sp³-hybridized carbons (Fsp3) is 0.182. The number of hydrazone groups is 1. The molecule has 1 heterocycles. The minimum atomic E-state index is -1.12. The van der Waals surface area contributed by atoms with Crippen molar-refractivity contribution in [3.05, 3.63) is 60.3 Å². The summed E-state index contributed by atoms with van der Waals surface area (Å²) in [4.78, 5) is 27.5. The zero-order chi connectivity index (χ0) is 22.2. The molecular formula is C22H21N3O6. The Morgan fingerprint density at radius 1 is 1.16 bits per heavy atom. The van der Waals surface area contributed by atoms with Crippen LogP contribution in [0.5, 0.6) is 17.2 Å². The quantitative estimate of drug-likeness (QED) is 0.401. The highest BCUT2D eigenvalue weighted by atomic mass is 16.5. The Balaban J connectivity index is 1.65. The summed E-state index contributed by atoms with van der Waals surface area (Å²) in [5.41, 5.74) is 3.46. The molecule has 0 fully saturated rings. The van der Waals surface area contributed by atoms with E-state index in [4.69, 9.17) is 19.3 Å². The van der Waals surface area contributed by atoms with E-state index < -0.39 is 18.0 Å². The number of pyridine rings is 1. The summed E-state index contributed by atoms with van der Waals surface area (Å²) in [6.45, 7) is 1.14. The third-order valence-electron chi connectivity index (χ3n) is 4.22. The van der Waals surface area contributed by atoms with E-state index in [0.717, 1.165) is 5.39 Å². The Bertz CT molecular complexity index is 1110. The van der Waals surface area contributed by atoms with Crippen LogP contribution in [0.1, 0.15) is 12.5 Å². The summed E-state index contributed by atoms with van der Waals surface area (Å²) in [5, 5.41) is 13.9. The highest BCUT2D eigenvalue weighted by Gasteiger charge is 2.18. The molecule has 3 aromatic rings. The normalized spacial score (nSPS) is 11.8. The molecule has 0 aliphatic carbocycles. The summed E-state index contributed by atoms with van der Waals surface area (Å²) in [6.07, 6.45) is 1.89. The first-order chi connectivity index (χ1) is 15.0. The van der Waals surface area contributed by atoms with E-state index in [1.165, 1.54) is 20.2 Å². The summed E-state index contributed by atoms with van der Waals surface area (Å²) >= 11 is 0. The van der Waals surface area contributed by atoms with Gasteiger partial charge < -0.3 is 19.3 Å². The zero-order valence-electron chi connectivity index (χ0n) is 16.9. The molecule has 0 spiro atoms. The molecule has 0 unspecified atom stereocenters. The van der Waals surface area contributed by atoms with Crippen LogP contribution in [-0.2, 0) is 9.59 Å². The molecule has 0 aliphatic rings.